The molecule has 100 valence electrons. The molecule has 0 amide bonds. The summed E-state index contributed by atoms with van der Waals surface area (Å²) in [4.78, 5) is 4.25. The van der Waals surface area contributed by atoms with Gasteiger partial charge in [-0.15, -0.1) is 11.3 Å². The van der Waals surface area contributed by atoms with Crippen LogP contribution in [0.2, 0.25) is 0 Å². The molecule has 0 bridgehead atoms. The molecule has 1 aliphatic heterocycles. The zero-order valence-corrected chi connectivity index (χ0v) is 11.9. The van der Waals surface area contributed by atoms with Crippen molar-refractivity contribution in [2.45, 2.75) is 38.1 Å². The quantitative estimate of drug-likeness (QED) is 0.814. The number of hydrogen-bond donors (Lipinski definition) is 1. The molecule has 3 heteroatoms. The number of thiophene rings is 1. The molecular weight excluding hydrogens is 240 g/mol. The Bertz CT molecular complexity index is 339. The molecule has 1 N–H and O–H groups in total. The summed E-state index contributed by atoms with van der Waals surface area (Å²) in [6, 6.07) is 5.20. The summed E-state index contributed by atoms with van der Waals surface area (Å²) in [7, 11) is 0. The lowest BCUT2D eigenvalue weighted by Crippen LogP contribution is -2.39. The number of hydrogen-bond acceptors (Lipinski definition) is 3. The molecule has 1 aliphatic carbocycles. The van der Waals surface area contributed by atoms with Crippen molar-refractivity contribution in [3.05, 3.63) is 22.4 Å². The van der Waals surface area contributed by atoms with Gasteiger partial charge in [0.1, 0.15) is 0 Å². The van der Waals surface area contributed by atoms with Gasteiger partial charge >= 0.3 is 0 Å². The van der Waals surface area contributed by atoms with Crippen molar-refractivity contribution in [1.29, 1.82) is 0 Å². The van der Waals surface area contributed by atoms with Crippen LogP contribution < -0.4 is 5.32 Å². The van der Waals surface area contributed by atoms with E-state index in [9.17, 15) is 0 Å². The Morgan fingerprint density at radius 1 is 1.28 bits per heavy atom. The molecule has 2 heterocycles. The summed E-state index contributed by atoms with van der Waals surface area (Å²) in [5, 5.41) is 5.83. The zero-order chi connectivity index (χ0) is 12.2. The maximum atomic E-state index is 3.63. The van der Waals surface area contributed by atoms with Crippen LogP contribution in [0.1, 0.15) is 30.6 Å². The largest absolute Gasteiger partial charge is 0.313 e. The molecular formula is C15H24N2S. The first-order chi connectivity index (χ1) is 8.90. The van der Waals surface area contributed by atoms with Gasteiger partial charge < -0.3 is 10.2 Å². The summed E-state index contributed by atoms with van der Waals surface area (Å²) in [6.07, 6.45) is 6.91. The Hall–Kier alpha value is -0.380. The normalized spacial score (nSPS) is 23.9. The molecule has 1 aromatic heterocycles. The number of rotatable bonds is 7. The summed E-state index contributed by atoms with van der Waals surface area (Å²) >= 11 is 1.90. The van der Waals surface area contributed by atoms with Crippen LogP contribution in [0.3, 0.4) is 0 Å². The third-order valence-corrected chi connectivity index (χ3v) is 5.04. The highest BCUT2D eigenvalue weighted by Crippen LogP contribution is 2.30. The smallest absolute Gasteiger partial charge is 0.0195 e. The van der Waals surface area contributed by atoms with Gasteiger partial charge in [-0.25, -0.2) is 0 Å². The minimum Gasteiger partial charge on any atom is -0.313 e. The van der Waals surface area contributed by atoms with Crippen molar-refractivity contribution in [3.8, 4) is 0 Å². The fourth-order valence-corrected chi connectivity index (χ4v) is 3.57. The monoisotopic (exact) mass is 264 g/mol. The maximum Gasteiger partial charge on any atom is 0.0195 e. The molecule has 0 radical (unpaired) electrons. The second kappa shape index (κ2) is 6.18. The highest BCUT2D eigenvalue weighted by molar-refractivity contribution is 7.09. The van der Waals surface area contributed by atoms with Crippen LogP contribution in [0.15, 0.2) is 17.5 Å². The van der Waals surface area contributed by atoms with E-state index in [4.69, 9.17) is 0 Å². The zero-order valence-electron chi connectivity index (χ0n) is 11.1. The minimum atomic E-state index is 0.757. The molecule has 3 rings (SSSR count). The van der Waals surface area contributed by atoms with E-state index in [1.165, 1.54) is 63.2 Å². The van der Waals surface area contributed by atoms with Gasteiger partial charge in [-0.05, 0) is 56.0 Å². The molecule has 1 atom stereocenters. The Balaban J connectivity index is 1.47. The summed E-state index contributed by atoms with van der Waals surface area (Å²) in [5.41, 5.74) is 0. The standard InChI is InChI=1S/C15H24N2S/c1-3-14(16-8-1)12-17(11-13-5-6-13)9-7-15-4-2-10-18-15/h2,4,10,13-14,16H,1,3,5-9,11-12H2. The topological polar surface area (TPSA) is 15.3 Å². The molecule has 1 saturated carbocycles. The van der Waals surface area contributed by atoms with Crippen molar-refractivity contribution >= 4 is 11.3 Å². The molecule has 2 aliphatic rings. The van der Waals surface area contributed by atoms with E-state index >= 15 is 0 Å². The Kier molecular flexibility index (Phi) is 4.34. The first-order valence-corrected chi connectivity index (χ1v) is 8.26. The van der Waals surface area contributed by atoms with Gasteiger partial charge in [-0.2, -0.15) is 0 Å². The molecule has 2 nitrogen and oxygen atoms in total. The molecule has 18 heavy (non-hydrogen) atoms. The third-order valence-electron chi connectivity index (χ3n) is 4.11. The van der Waals surface area contributed by atoms with E-state index in [0.29, 0.717) is 0 Å². The first-order valence-electron chi connectivity index (χ1n) is 7.38. The van der Waals surface area contributed by atoms with Gasteiger partial charge in [0.2, 0.25) is 0 Å². The van der Waals surface area contributed by atoms with Crippen LogP contribution in [0, 0.1) is 5.92 Å². The SMILES string of the molecule is c1csc(CCN(CC2CC2)CC2CCCN2)c1. The summed E-state index contributed by atoms with van der Waals surface area (Å²) in [5.74, 6) is 1.01. The second-order valence-electron chi connectivity index (χ2n) is 5.83. The van der Waals surface area contributed by atoms with Crippen molar-refractivity contribution in [1.82, 2.24) is 10.2 Å². The van der Waals surface area contributed by atoms with E-state index in [-0.39, 0.29) is 0 Å². The molecule has 1 aromatic rings. The van der Waals surface area contributed by atoms with E-state index in [0.717, 1.165) is 12.0 Å². The molecule has 1 unspecified atom stereocenters. The predicted molar refractivity (Wildman–Crippen MR) is 78.2 cm³/mol. The van der Waals surface area contributed by atoms with Crippen LogP contribution >= 0.6 is 11.3 Å². The third kappa shape index (κ3) is 3.81. The van der Waals surface area contributed by atoms with Crippen molar-refractivity contribution < 1.29 is 0 Å². The van der Waals surface area contributed by atoms with Gasteiger partial charge in [-0.3, -0.25) is 0 Å². The summed E-state index contributed by atoms with van der Waals surface area (Å²) < 4.78 is 0. The Labute approximate surface area is 114 Å². The van der Waals surface area contributed by atoms with Crippen LogP contribution in [-0.2, 0) is 6.42 Å². The fourth-order valence-electron chi connectivity index (χ4n) is 2.87. The molecule has 2 fully saturated rings. The first kappa shape index (κ1) is 12.6. The highest BCUT2D eigenvalue weighted by Gasteiger charge is 2.26. The van der Waals surface area contributed by atoms with Crippen LogP contribution in [0.5, 0.6) is 0 Å². The Morgan fingerprint density at radius 2 is 2.22 bits per heavy atom. The second-order valence-corrected chi connectivity index (χ2v) is 6.86. The van der Waals surface area contributed by atoms with Crippen LogP contribution in [0.25, 0.3) is 0 Å². The van der Waals surface area contributed by atoms with E-state index in [1.54, 1.807) is 0 Å². The lowest BCUT2D eigenvalue weighted by atomic mass is 10.2. The predicted octanol–water partition coefficient (Wildman–Crippen LogP) is 2.75. The Morgan fingerprint density at radius 3 is 2.89 bits per heavy atom. The molecule has 0 spiro atoms. The maximum absolute atomic E-state index is 3.63. The highest BCUT2D eigenvalue weighted by atomic mass is 32.1. The van der Waals surface area contributed by atoms with Gasteiger partial charge in [-0.1, -0.05) is 6.07 Å². The lowest BCUT2D eigenvalue weighted by Gasteiger charge is -2.25. The van der Waals surface area contributed by atoms with Gasteiger partial charge in [0, 0.05) is 30.6 Å². The molecule has 0 aromatic carbocycles. The fraction of sp³-hybridized carbons (Fsp3) is 0.733. The van der Waals surface area contributed by atoms with Gasteiger partial charge in [0.25, 0.3) is 0 Å². The van der Waals surface area contributed by atoms with Gasteiger partial charge in [0.05, 0.1) is 0 Å². The van der Waals surface area contributed by atoms with Crippen molar-refractivity contribution in [2.24, 2.45) is 5.92 Å². The van der Waals surface area contributed by atoms with Crippen LogP contribution in [-0.4, -0.2) is 37.1 Å². The number of nitrogens with one attached hydrogen (secondary N) is 1. The van der Waals surface area contributed by atoms with Crippen molar-refractivity contribution in [2.75, 3.05) is 26.2 Å². The lowest BCUT2D eigenvalue weighted by molar-refractivity contribution is 0.243. The van der Waals surface area contributed by atoms with E-state index in [2.05, 4.69) is 27.7 Å². The van der Waals surface area contributed by atoms with Gasteiger partial charge in [0.15, 0.2) is 0 Å². The van der Waals surface area contributed by atoms with E-state index < -0.39 is 0 Å². The number of nitrogens with zero attached hydrogens (tertiary/aromatic N) is 1. The van der Waals surface area contributed by atoms with E-state index in [1.807, 2.05) is 11.3 Å². The average molecular weight is 264 g/mol. The van der Waals surface area contributed by atoms with Crippen molar-refractivity contribution in [3.63, 3.8) is 0 Å². The minimum absolute atomic E-state index is 0.757. The summed E-state index contributed by atoms with van der Waals surface area (Å²) in [6.45, 7) is 5.08. The molecule has 1 saturated heterocycles. The van der Waals surface area contributed by atoms with Crippen LogP contribution in [0.4, 0.5) is 0 Å². The average Bonchev–Trinajstić information content (AvgIpc) is 2.85.